The lowest BCUT2D eigenvalue weighted by Gasteiger charge is -2.36. The Morgan fingerprint density at radius 2 is 1.71 bits per heavy atom. The van der Waals surface area contributed by atoms with Crippen molar-refractivity contribution >= 4 is 53.9 Å². The van der Waals surface area contributed by atoms with Gasteiger partial charge < -0.3 is 20.9 Å². The van der Waals surface area contributed by atoms with Crippen LogP contribution in [-0.4, -0.2) is 56.0 Å². The van der Waals surface area contributed by atoms with Gasteiger partial charge in [-0.2, -0.15) is 0 Å². The second-order valence-corrected chi connectivity index (χ2v) is 7.01. The zero-order valence-corrected chi connectivity index (χ0v) is 18.5. The molecule has 1 aromatic carbocycles. The Hall–Kier alpha value is -1.21. The maximum atomic E-state index is 12.3. The number of hydrogen-bond donors (Lipinski definition) is 2. The zero-order valence-electron chi connectivity index (χ0n) is 16.1. The maximum absolute atomic E-state index is 12.3. The van der Waals surface area contributed by atoms with Crippen LogP contribution >= 0.6 is 36.4 Å². The van der Waals surface area contributed by atoms with E-state index in [9.17, 15) is 9.59 Å². The fourth-order valence-electron chi connectivity index (χ4n) is 3.04. The third kappa shape index (κ3) is 9.32. The van der Waals surface area contributed by atoms with Crippen LogP contribution in [0.4, 0.5) is 5.69 Å². The molecule has 1 fully saturated rings. The van der Waals surface area contributed by atoms with Gasteiger partial charge in [0.15, 0.2) is 0 Å². The highest BCUT2D eigenvalue weighted by molar-refractivity contribution is 6.30. The Kier molecular flexibility index (Phi) is 14.1. The number of carbonyl (C=O) groups is 2. The van der Waals surface area contributed by atoms with Gasteiger partial charge in [0.25, 0.3) is 0 Å². The smallest absolute Gasteiger partial charge is 0.242 e. The standard InChI is InChI=1S/C19H29ClN4O2.2ClH/c20-16-6-5-7-17(14-16)23-10-12-24(13-11-23)19(26)15-22-18(25)8-3-1-2-4-9-21;;/h5-7,14H,1-4,8-13,15,21H2,(H,22,25);2*1H. The number of benzene rings is 1. The molecule has 9 heteroatoms. The van der Waals surface area contributed by atoms with Crippen LogP contribution in [0.5, 0.6) is 0 Å². The van der Waals surface area contributed by atoms with Gasteiger partial charge in [0.2, 0.25) is 11.8 Å². The van der Waals surface area contributed by atoms with Gasteiger partial charge in [0, 0.05) is 43.3 Å². The Morgan fingerprint density at radius 1 is 1.04 bits per heavy atom. The van der Waals surface area contributed by atoms with E-state index in [1.54, 1.807) is 0 Å². The van der Waals surface area contributed by atoms with Gasteiger partial charge in [-0.25, -0.2) is 0 Å². The number of rotatable bonds is 9. The molecule has 0 spiro atoms. The lowest BCUT2D eigenvalue weighted by atomic mass is 10.1. The molecule has 1 aliphatic rings. The van der Waals surface area contributed by atoms with Gasteiger partial charge in [-0.1, -0.05) is 30.5 Å². The highest BCUT2D eigenvalue weighted by Gasteiger charge is 2.21. The summed E-state index contributed by atoms with van der Waals surface area (Å²) in [5.41, 5.74) is 6.52. The minimum atomic E-state index is -0.0522. The summed E-state index contributed by atoms with van der Waals surface area (Å²) >= 11 is 6.04. The van der Waals surface area contributed by atoms with E-state index in [-0.39, 0.29) is 43.2 Å². The van der Waals surface area contributed by atoms with Crippen LogP contribution in [0, 0.1) is 0 Å². The molecule has 28 heavy (non-hydrogen) atoms. The van der Waals surface area contributed by atoms with E-state index in [2.05, 4.69) is 10.2 Å². The van der Waals surface area contributed by atoms with E-state index in [1.807, 2.05) is 29.2 Å². The molecule has 1 aliphatic heterocycles. The van der Waals surface area contributed by atoms with Crippen molar-refractivity contribution in [2.45, 2.75) is 32.1 Å². The number of carbonyl (C=O) groups excluding carboxylic acids is 2. The summed E-state index contributed by atoms with van der Waals surface area (Å²) in [6, 6.07) is 7.75. The third-order valence-corrected chi connectivity index (χ3v) is 4.84. The molecule has 2 amide bonds. The molecular formula is C19H31Cl3N4O2. The topological polar surface area (TPSA) is 78.7 Å². The SMILES string of the molecule is Cl.Cl.NCCCCCCC(=O)NCC(=O)N1CCN(c2cccc(Cl)c2)CC1. The van der Waals surface area contributed by atoms with Gasteiger partial charge in [0.05, 0.1) is 6.54 Å². The Bertz CT molecular complexity index is 596. The van der Waals surface area contributed by atoms with Crippen molar-refractivity contribution in [3.8, 4) is 0 Å². The first-order valence-corrected chi connectivity index (χ1v) is 9.73. The first kappa shape index (κ1) is 26.8. The molecule has 0 bridgehead atoms. The summed E-state index contributed by atoms with van der Waals surface area (Å²) in [5.74, 6) is -0.0733. The van der Waals surface area contributed by atoms with Crippen LogP contribution in [0.25, 0.3) is 0 Å². The molecular weight excluding hydrogens is 423 g/mol. The van der Waals surface area contributed by atoms with Crippen LogP contribution in [0.2, 0.25) is 5.02 Å². The van der Waals surface area contributed by atoms with Crippen LogP contribution in [0.3, 0.4) is 0 Å². The van der Waals surface area contributed by atoms with Gasteiger partial charge in [-0.3, -0.25) is 9.59 Å². The minimum Gasteiger partial charge on any atom is -0.368 e. The van der Waals surface area contributed by atoms with E-state index in [0.717, 1.165) is 44.5 Å². The zero-order chi connectivity index (χ0) is 18.8. The van der Waals surface area contributed by atoms with E-state index < -0.39 is 0 Å². The summed E-state index contributed by atoms with van der Waals surface area (Å²) < 4.78 is 0. The summed E-state index contributed by atoms with van der Waals surface area (Å²) in [5, 5.41) is 3.45. The van der Waals surface area contributed by atoms with Crippen molar-refractivity contribution in [3.63, 3.8) is 0 Å². The number of hydrogen-bond acceptors (Lipinski definition) is 4. The van der Waals surface area contributed by atoms with Gasteiger partial charge in [-0.15, -0.1) is 24.8 Å². The summed E-state index contributed by atoms with van der Waals surface area (Å²) in [6.07, 6.45) is 4.38. The molecule has 0 aliphatic carbocycles. The summed E-state index contributed by atoms with van der Waals surface area (Å²) in [4.78, 5) is 28.1. The number of nitrogens with two attached hydrogens (primary N) is 1. The van der Waals surface area contributed by atoms with Gasteiger partial charge in [0.1, 0.15) is 0 Å². The number of unbranched alkanes of at least 4 members (excludes halogenated alkanes) is 3. The van der Waals surface area contributed by atoms with Crippen molar-refractivity contribution in [3.05, 3.63) is 29.3 Å². The largest absolute Gasteiger partial charge is 0.368 e. The number of amides is 2. The minimum absolute atomic E-state index is 0. The number of anilines is 1. The molecule has 0 aromatic heterocycles. The quantitative estimate of drug-likeness (QED) is 0.564. The maximum Gasteiger partial charge on any atom is 0.242 e. The number of piperazine rings is 1. The fraction of sp³-hybridized carbons (Fsp3) is 0.579. The average Bonchev–Trinajstić information content (AvgIpc) is 2.66. The first-order valence-electron chi connectivity index (χ1n) is 9.35. The normalized spacial score (nSPS) is 13.4. The summed E-state index contributed by atoms with van der Waals surface area (Å²) in [7, 11) is 0. The molecule has 0 atom stereocenters. The fourth-order valence-corrected chi connectivity index (χ4v) is 3.23. The molecule has 0 unspecified atom stereocenters. The Morgan fingerprint density at radius 3 is 2.36 bits per heavy atom. The molecule has 0 saturated carbocycles. The second-order valence-electron chi connectivity index (χ2n) is 6.58. The Balaban J connectivity index is 0.00000364. The van der Waals surface area contributed by atoms with Crippen molar-refractivity contribution < 1.29 is 9.59 Å². The van der Waals surface area contributed by atoms with E-state index >= 15 is 0 Å². The van der Waals surface area contributed by atoms with Crippen LogP contribution < -0.4 is 16.0 Å². The van der Waals surface area contributed by atoms with Crippen LogP contribution in [0.15, 0.2) is 24.3 Å². The second kappa shape index (κ2) is 14.7. The predicted molar refractivity (Wildman–Crippen MR) is 120 cm³/mol. The molecule has 1 heterocycles. The predicted octanol–water partition coefficient (Wildman–Crippen LogP) is 2.86. The van der Waals surface area contributed by atoms with Gasteiger partial charge >= 0.3 is 0 Å². The van der Waals surface area contributed by atoms with Crippen molar-refractivity contribution in [1.82, 2.24) is 10.2 Å². The molecule has 2 rings (SSSR count). The number of nitrogens with one attached hydrogen (secondary N) is 1. The third-order valence-electron chi connectivity index (χ3n) is 4.60. The van der Waals surface area contributed by atoms with Crippen molar-refractivity contribution in [2.24, 2.45) is 5.73 Å². The lowest BCUT2D eigenvalue weighted by Crippen LogP contribution is -2.51. The highest BCUT2D eigenvalue weighted by atomic mass is 35.5. The van der Waals surface area contributed by atoms with E-state index in [4.69, 9.17) is 17.3 Å². The molecule has 0 radical (unpaired) electrons. The van der Waals surface area contributed by atoms with Crippen LogP contribution in [-0.2, 0) is 9.59 Å². The van der Waals surface area contributed by atoms with Gasteiger partial charge in [-0.05, 0) is 37.6 Å². The lowest BCUT2D eigenvalue weighted by molar-refractivity contribution is -0.133. The Labute approximate surface area is 185 Å². The highest BCUT2D eigenvalue weighted by Crippen LogP contribution is 2.20. The van der Waals surface area contributed by atoms with E-state index in [1.165, 1.54) is 0 Å². The molecule has 1 saturated heterocycles. The van der Waals surface area contributed by atoms with Crippen molar-refractivity contribution in [1.29, 1.82) is 0 Å². The average molecular weight is 454 g/mol. The molecule has 1 aromatic rings. The number of nitrogens with zero attached hydrogens (tertiary/aromatic N) is 2. The van der Waals surface area contributed by atoms with Crippen molar-refractivity contribution in [2.75, 3.05) is 44.2 Å². The first-order chi connectivity index (χ1) is 12.6. The summed E-state index contributed by atoms with van der Waals surface area (Å²) in [6.45, 7) is 3.62. The number of halogens is 3. The molecule has 6 nitrogen and oxygen atoms in total. The monoisotopic (exact) mass is 452 g/mol. The molecule has 3 N–H and O–H groups in total. The van der Waals surface area contributed by atoms with E-state index in [0.29, 0.717) is 31.1 Å². The molecule has 160 valence electrons. The van der Waals surface area contributed by atoms with Crippen LogP contribution in [0.1, 0.15) is 32.1 Å².